The van der Waals surface area contributed by atoms with E-state index in [1.165, 1.54) is 0 Å². The molecule has 0 heterocycles. The van der Waals surface area contributed by atoms with Gasteiger partial charge >= 0.3 is 0 Å². The highest BCUT2D eigenvalue weighted by molar-refractivity contribution is 9.10. The normalized spacial score (nSPS) is 10.6. The van der Waals surface area contributed by atoms with Gasteiger partial charge < -0.3 is 20.9 Å². The Labute approximate surface area is 133 Å². The lowest BCUT2D eigenvalue weighted by Gasteiger charge is -2.14. The zero-order valence-electron chi connectivity index (χ0n) is 12.3. The minimum Gasteiger partial charge on any atom is -0.490 e. The van der Waals surface area contributed by atoms with Gasteiger partial charge in [-0.3, -0.25) is 0 Å². The molecule has 0 saturated carbocycles. The molecule has 1 aromatic carbocycles. The number of nitrogens with zero attached hydrogens (tertiary/aromatic N) is 2. The maximum absolute atomic E-state index is 5.77. The molecule has 6 nitrogen and oxygen atoms in total. The zero-order valence-corrected chi connectivity index (χ0v) is 13.9. The van der Waals surface area contributed by atoms with Crippen LogP contribution in [-0.4, -0.2) is 25.4 Å². The van der Waals surface area contributed by atoms with Crippen LogP contribution in [0.5, 0.6) is 11.5 Å². The minimum absolute atomic E-state index is 0.0881. The van der Waals surface area contributed by atoms with Crippen molar-refractivity contribution in [3.63, 3.8) is 0 Å². The second kappa shape index (κ2) is 9.23. The molecular weight excluding hydrogens is 336 g/mol. The Hall–Kier alpha value is -1.76. The van der Waals surface area contributed by atoms with Gasteiger partial charge in [0.2, 0.25) is 5.96 Å². The Bertz CT molecular complexity index is 514. The van der Waals surface area contributed by atoms with E-state index in [0.717, 1.165) is 22.9 Å². The highest BCUT2D eigenvalue weighted by Crippen LogP contribution is 2.36. The summed E-state index contributed by atoms with van der Waals surface area (Å²) in [5.74, 6) is 1.27. The van der Waals surface area contributed by atoms with Gasteiger partial charge in [-0.25, -0.2) is 0 Å². The fourth-order valence-electron chi connectivity index (χ4n) is 1.55. The van der Waals surface area contributed by atoms with E-state index >= 15 is 0 Å². The largest absolute Gasteiger partial charge is 0.490 e. The first kappa shape index (κ1) is 17.3. The van der Waals surface area contributed by atoms with E-state index in [0.29, 0.717) is 24.7 Å². The highest BCUT2D eigenvalue weighted by atomic mass is 79.9. The van der Waals surface area contributed by atoms with Crippen molar-refractivity contribution in [2.45, 2.75) is 26.7 Å². The fraction of sp³-hybridized carbons (Fsp3) is 0.429. The van der Waals surface area contributed by atoms with Crippen molar-refractivity contribution >= 4 is 28.1 Å². The van der Waals surface area contributed by atoms with Crippen LogP contribution in [0.2, 0.25) is 0 Å². The number of halogens is 1. The van der Waals surface area contributed by atoms with Crippen LogP contribution in [0.15, 0.2) is 26.8 Å². The molecule has 116 valence electrons. The summed E-state index contributed by atoms with van der Waals surface area (Å²) in [6.07, 6.45) is 3.61. The van der Waals surface area contributed by atoms with Crippen molar-refractivity contribution in [1.29, 1.82) is 0 Å². The van der Waals surface area contributed by atoms with Crippen LogP contribution in [0.3, 0.4) is 0 Å². The van der Waals surface area contributed by atoms with Crippen LogP contribution in [0, 0.1) is 0 Å². The van der Waals surface area contributed by atoms with Crippen LogP contribution in [-0.2, 0) is 0 Å². The van der Waals surface area contributed by atoms with Crippen LogP contribution >= 0.6 is 15.9 Å². The van der Waals surface area contributed by atoms with E-state index in [9.17, 15) is 0 Å². The third-order valence-electron chi connectivity index (χ3n) is 2.46. The standard InChI is InChI=1S/C14H21BrN4O2/c1-3-5-6-21-13-11(15)7-10(8-12(13)20-4-2)9-18-19-14(16)17/h7-9H,3-6H2,1-2H3,(H4,16,17,19). The summed E-state index contributed by atoms with van der Waals surface area (Å²) in [5.41, 5.74) is 11.2. The molecule has 0 aliphatic rings. The maximum atomic E-state index is 5.77. The lowest BCUT2D eigenvalue weighted by atomic mass is 10.2. The van der Waals surface area contributed by atoms with E-state index in [2.05, 4.69) is 33.1 Å². The summed E-state index contributed by atoms with van der Waals surface area (Å²) in [4.78, 5) is 0. The summed E-state index contributed by atoms with van der Waals surface area (Å²) in [5, 5.41) is 7.35. The predicted molar refractivity (Wildman–Crippen MR) is 89.1 cm³/mol. The fourth-order valence-corrected chi connectivity index (χ4v) is 2.12. The molecule has 0 unspecified atom stereocenters. The Morgan fingerprint density at radius 3 is 2.67 bits per heavy atom. The molecule has 0 bridgehead atoms. The molecule has 0 saturated heterocycles. The first-order valence-electron chi connectivity index (χ1n) is 6.79. The topological polar surface area (TPSA) is 95.2 Å². The monoisotopic (exact) mass is 356 g/mol. The molecule has 0 aliphatic carbocycles. The van der Waals surface area contributed by atoms with E-state index < -0.39 is 0 Å². The van der Waals surface area contributed by atoms with E-state index in [4.69, 9.17) is 20.9 Å². The van der Waals surface area contributed by atoms with Crippen LogP contribution in [0.25, 0.3) is 0 Å². The van der Waals surface area contributed by atoms with Crippen molar-refractivity contribution in [1.82, 2.24) is 0 Å². The summed E-state index contributed by atoms with van der Waals surface area (Å²) in [7, 11) is 0. The van der Waals surface area contributed by atoms with Crippen molar-refractivity contribution in [2.24, 2.45) is 21.7 Å². The second-order valence-corrected chi connectivity index (χ2v) is 5.09. The summed E-state index contributed by atoms with van der Waals surface area (Å²) in [6, 6.07) is 3.71. The van der Waals surface area contributed by atoms with E-state index in [1.807, 2.05) is 19.1 Å². The highest BCUT2D eigenvalue weighted by Gasteiger charge is 2.11. The van der Waals surface area contributed by atoms with Crippen molar-refractivity contribution in [3.8, 4) is 11.5 Å². The second-order valence-electron chi connectivity index (χ2n) is 4.23. The van der Waals surface area contributed by atoms with Gasteiger partial charge in [0.15, 0.2) is 11.5 Å². The maximum Gasteiger partial charge on any atom is 0.211 e. The Morgan fingerprint density at radius 2 is 2.05 bits per heavy atom. The Morgan fingerprint density at radius 1 is 1.29 bits per heavy atom. The van der Waals surface area contributed by atoms with Gasteiger partial charge in [-0.15, -0.1) is 5.10 Å². The number of unbranched alkanes of at least 4 members (excludes halogenated alkanes) is 1. The molecule has 0 fully saturated rings. The zero-order chi connectivity index (χ0) is 15.7. The SMILES string of the molecule is CCCCOc1c(Br)cc(C=NN=C(N)N)cc1OCC. The van der Waals surface area contributed by atoms with Gasteiger partial charge in [-0.2, -0.15) is 5.10 Å². The summed E-state index contributed by atoms with van der Waals surface area (Å²) in [6.45, 7) is 5.23. The average molecular weight is 357 g/mol. The Balaban J connectivity index is 2.99. The molecule has 21 heavy (non-hydrogen) atoms. The quantitative estimate of drug-likeness (QED) is 0.324. The van der Waals surface area contributed by atoms with E-state index in [1.54, 1.807) is 6.21 Å². The number of benzene rings is 1. The predicted octanol–water partition coefficient (Wildman–Crippen LogP) is 2.63. The van der Waals surface area contributed by atoms with Gasteiger partial charge in [-0.1, -0.05) is 13.3 Å². The molecule has 1 rings (SSSR count). The van der Waals surface area contributed by atoms with Gasteiger partial charge in [-0.05, 0) is 47.0 Å². The average Bonchev–Trinajstić information content (AvgIpc) is 2.42. The number of rotatable bonds is 8. The molecule has 0 aromatic heterocycles. The van der Waals surface area contributed by atoms with Crippen molar-refractivity contribution in [2.75, 3.05) is 13.2 Å². The molecule has 0 amide bonds. The molecule has 1 aromatic rings. The number of nitrogens with two attached hydrogens (primary N) is 2. The number of hydrogen-bond acceptors (Lipinski definition) is 4. The van der Waals surface area contributed by atoms with Gasteiger partial charge in [0.05, 0.1) is 23.9 Å². The number of guanidine groups is 1. The van der Waals surface area contributed by atoms with E-state index in [-0.39, 0.29) is 5.96 Å². The lowest BCUT2D eigenvalue weighted by molar-refractivity contribution is 0.271. The molecule has 0 radical (unpaired) electrons. The minimum atomic E-state index is -0.0881. The summed E-state index contributed by atoms with van der Waals surface area (Å²) >= 11 is 3.49. The van der Waals surface area contributed by atoms with Gasteiger partial charge in [0.1, 0.15) is 0 Å². The number of ether oxygens (including phenoxy) is 2. The van der Waals surface area contributed by atoms with Gasteiger partial charge in [0, 0.05) is 0 Å². The smallest absolute Gasteiger partial charge is 0.211 e. The third-order valence-corrected chi connectivity index (χ3v) is 3.05. The number of hydrogen-bond donors (Lipinski definition) is 2. The molecule has 0 aliphatic heterocycles. The van der Waals surface area contributed by atoms with Crippen LogP contribution in [0.4, 0.5) is 0 Å². The molecule has 0 spiro atoms. The van der Waals surface area contributed by atoms with Crippen LogP contribution < -0.4 is 20.9 Å². The van der Waals surface area contributed by atoms with Gasteiger partial charge in [0.25, 0.3) is 0 Å². The third kappa shape index (κ3) is 6.03. The molecule has 4 N–H and O–H groups in total. The molecule has 0 atom stereocenters. The first-order chi connectivity index (χ1) is 10.1. The van der Waals surface area contributed by atoms with Crippen molar-refractivity contribution < 1.29 is 9.47 Å². The molecule has 7 heteroatoms. The first-order valence-corrected chi connectivity index (χ1v) is 7.58. The molecular formula is C14H21BrN4O2. The van der Waals surface area contributed by atoms with Crippen molar-refractivity contribution in [3.05, 3.63) is 22.2 Å². The lowest BCUT2D eigenvalue weighted by Crippen LogP contribution is -2.21. The summed E-state index contributed by atoms with van der Waals surface area (Å²) < 4.78 is 12.2. The Kier molecular flexibility index (Phi) is 7.60. The van der Waals surface area contributed by atoms with Crippen LogP contribution in [0.1, 0.15) is 32.3 Å².